The highest BCUT2D eigenvalue weighted by Gasteiger charge is 2.54. The first-order valence-electron chi connectivity index (χ1n) is 7.43. The molecule has 0 bridgehead atoms. The van der Waals surface area contributed by atoms with Gasteiger partial charge in [0.2, 0.25) is 5.89 Å². The van der Waals surface area contributed by atoms with E-state index in [-0.39, 0.29) is 25.6 Å². The Bertz CT molecular complexity index is 747. The van der Waals surface area contributed by atoms with E-state index in [0.717, 1.165) is 4.68 Å². The largest absolute Gasteiger partial charge is 0.438 e. The maximum Gasteiger partial charge on any atom is 0.438 e. The van der Waals surface area contributed by atoms with E-state index in [1.165, 1.54) is 0 Å². The molecule has 0 atom stereocenters. The summed E-state index contributed by atoms with van der Waals surface area (Å²) < 4.78 is 44.5. The van der Waals surface area contributed by atoms with Crippen molar-refractivity contribution in [3.8, 4) is 11.5 Å². The van der Waals surface area contributed by atoms with Gasteiger partial charge >= 0.3 is 11.9 Å². The van der Waals surface area contributed by atoms with E-state index in [1.807, 2.05) is 6.07 Å². The van der Waals surface area contributed by atoms with Crippen LogP contribution in [0.1, 0.15) is 12.8 Å². The highest BCUT2D eigenvalue weighted by Crippen LogP contribution is 2.38. The van der Waals surface area contributed by atoms with Crippen LogP contribution in [0.5, 0.6) is 0 Å². The highest BCUT2D eigenvalue weighted by molar-refractivity contribution is 5.51. The predicted octanol–water partition coefficient (Wildman–Crippen LogP) is 1.85. The third-order valence-electron chi connectivity index (χ3n) is 4.17. The number of halogens is 3. The number of nitrogens with zero attached hydrogens (tertiary/aromatic N) is 3. The second-order valence-electron chi connectivity index (χ2n) is 5.83. The molecule has 1 saturated heterocycles. The summed E-state index contributed by atoms with van der Waals surface area (Å²) in [5.74, 6) is -0.519. The lowest BCUT2D eigenvalue weighted by Crippen LogP contribution is -2.53. The summed E-state index contributed by atoms with van der Waals surface area (Å²) in [5.41, 5.74) is -2.02. The Kier molecular flexibility index (Phi) is 4.22. The Morgan fingerprint density at radius 2 is 1.83 bits per heavy atom. The van der Waals surface area contributed by atoms with E-state index in [4.69, 9.17) is 4.42 Å². The van der Waals surface area contributed by atoms with Gasteiger partial charge in [0.1, 0.15) is 6.67 Å². The summed E-state index contributed by atoms with van der Waals surface area (Å²) in [4.78, 5) is 13.5. The molecule has 130 valence electrons. The molecule has 3 rings (SSSR count). The van der Waals surface area contributed by atoms with Crippen molar-refractivity contribution >= 4 is 0 Å². The van der Waals surface area contributed by atoms with E-state index in [9.17, 15) is 23.1 Å². The number of alkyl halides is 3. The van der Waals surface area contributed by atoms with Crippen molar-refractivity contribution < 1.29 is 22.7 Å². The van der Waals surface area contributed by atoms with Crippen LogP contribution in [0.2, 0.25) is 0 Å². The van der Waals surface area contributed by atoms with Crippen LogP contribution >= 0.6 is 0 Å². The third-order valence-corrected chi connectivity index (χ3v) is 4.17. The SMILES string of the molecule is O=c1oc(-c2ccccc2)nn1CN1CCC(O)(C(F)(F)F)CC1. The summed E-state index contributed by atoms with van der Waals surface area (Å²) in [6.07, 6.45) is -5.52. The lowest BCUT2D eigenvalue weighted by atomic mass is 9.91. The Labute approximate surface area is 135 Å². The fourth-order valence-electron chi connectivity index (χ4n) is 2.63. The standard InChI is InChI=1S/C15H16F3N3O3/c16-15(17,18)14(23)6-8-20(9-7-14)10-21-13(22)24-12(19-21)11-4-2-1-3-5-11/h1-5,23H,6-10H2. The van der Waals surface area contributed by atoms with Crippen LogP contribution in [-0.4, -0.2) is 44.7 Å². The third kappa shape index (κ3) is 3.22. The average Bonchev–Trinajstić information content (AvgIpc) is 2.90. The normalized spacial score (nSPS) is 18.7. The Balaban J connectivity index is 1.68. The molecule has 0 amide bonds. The van der Waals surface area contributed by atoms with Gasteiger partial charge in [-0.15, -0.1) is 5.10 Å². The molecular weight excluding hydrogens is 327 g/mol. The number of benzene rings is 1. The van der Waals surface area contributed by atoms with Gasteiger partial charge in [-0.2, -0.15) is 17.9 Å². The summed E-state index contributed by atoms with van der Waals surface area (Å²) >= 11 is 0. The molecule has 1 aliphatic heterocycles. The Hall–Kier alpha value is -2.13. The molecule has 0 spiro atoms. The van der Waals surface area contributed by atoms with Gasteiger partial charge in [0.05, 0.1) is 0 Å². The first-order valence-corrected chi connectivity index (χ1v) is 7.43. The molecule has 1 N–H and O–H groups in total. The molecule has 0 unspecified atom stereocenters. The lowest BCUT2D eigenvalue weighted by Gasteiger charge is -2.38. The molecule has 2 heterocycles. The number of hydrogen-bond donors (Lipinski definition) is 1. The van der Waals surface area contributed by atoms with Crippen LogP contribution in [0.25, 0.3) is 11.5 Å². The van der Waals surface area contributed by atoms with E-state index >= 15 is 0 Å². The van der Waals surface area contributed by atoms with Gasteiger partial charge in [-0.1, -0.05) is 18.2 Å². The first kappa shape index (κ1) is 16.7. The van der Waals surface area contributed by atoms with E-state index in [2.05, 4.69) is 5.10 Å². The van der Waals surface area contributed by atoms with Crippen LogP contribution in [0.4, 0.5) is 13.2 Å². The number of hydrogen-bond acceptors (Lipinski definition) is 5. The molecule has 9 heteroatoms. The molecule has 24 heavy (non-hydrogen) atoms. The molecule has 1 aliphatic rings. The molecule has 1 aromatic carbocycles. The van der Waals surface area contributed by atoms with Crippen molar-refractivity contribution in [1.29, 1.82) is 0 Å². The monoisotopic (exact) mass is 343 g/mol. The minimum Gasteiger partial charge on any atom is -0.388 e. The molecule has 0 aliphatic carbocycles. The average molecular weight is 343 g/mol. The van der Waals surface area contributed by atoms with E-state index in [0.29, 0.717) is 5.56 Å². The second kappa shape index (κ2) is 6.06. The number of aliphatic hydroxyl groups is 1. The fraction of sp³-hybridized carbons (Fsp3) is 0.467. The second-order valence-corrected chi connectivity index (χ2v) is 5.83. The lowest BCUT2D eigenvalue weighted by molar-refractivity contribution is -0.273. The maximum atomic E-state index is 12.8. The van der Waals surface area contributed by atoms with Gasteiger partial charge in [-0.05, 0) is 25.0 Å². The van der Waals surface area contributed by atoms with E-state index in [1.54, 1.807) is 29.2 Å². The van der Waals surface area contributed by atoms with Crippen LogP contribution in [0.3, 0.4) is 0 Å². The van der Waals surface area contributed by atoms with Crippen molar-refractivity contribution in [2.45, 2.75) is 31.3 Å². The van der Waals surface area contributed by atoms with Crippen LogP contribution < -0.4 is 5.76 Å². The van der Waals surface area contributed by atoms with E-state index < -0.39 is 30.4 Å². The number of likely N-dealkylation sites (tertiary alicyclic amines) is 1. The highest BCUT2D eigenvalue weighted by atomic mass is 19.4. The van der Waals surface area contributed by atoms with Crippen LogP contribution in [0.15, 0.2) is 39.5 Å². The fourth-order valence-corrected chi connectivity index (χ4v) is 2.63. The van der Waals surface area contributed by atoms with Gasteiger partial charge < -0.3 is 9.52 Å². The van der Waals surface area contributed by atoms with Gasteiger partial charge in [0.25, 0.3) is 0 Å². The van der Waals surface area contributed by atoms with Crippen molar-refractivity contribution in [2.75, 3.05) is 13.1 Å². The van der Waals surface area contributed by atoms with Gasteiger partial charge in [0.15, 0.2) is 5.60 Å². The summed E-state index contributed by atoms with van der Waals surface area (Å²) in [6, 6.07) is 8.84. The van der Waals surface area contributed by atoms with Crippen molar-refractivity contribution in [2.24, 2.45) is 0 Å². The molecule has 1 fully saturated rings. The van der Waals surface area contributed by atoms with Crippen molar-refractivity contribution in [1.82, 2.24) is 14.7 Å². The molecule has 0 radical (unpaired) electrons. The molecule has 2 aromatic rings. The van der Waals surface area contributed by atoms with Crippen molar-refractivity contribution in [3.05, 3.63) is 40.9 Å². The van der Waals surface area contributed by atoms with Gasteiger partial charge in [-0.25, -0.2) is 4.79 Å². The number of aromatic nitrogens is 2. The minimum absolute atomic E-state index is 0.00990. The topological polar surface area (TPSA) is 71.5 Å². The molecule has 0 saturated carbocycles. The summed E-state index contributed by atoms with van der Waals surface area (Å²) in [6.45, 7) is 0.0368. The minimum atomic E-state index is -4.65. The summed E-state index contributed by atoms with van der Waals surface area (Å²) in [7, 11) is 0. The smallest absolute Gasteiger partial charge is 0.388 e. The van der Waals surface area contributed by atoms with Gasteiger partial charge in [0, 0.05) is 18.7 Å². The summed E-state index contributed by atoms with van der Waals surface area (Å²) in [5, 5.41) is 13.7. The molecular formula is C15H16F3N3O3. The van der Waals surface area contributed by atoms with Crippen molar-refractivity contribution in [3.63, 3.8) is 0 Å². The zero-order valence-corrected chi connectivity index (χ0v) is 12.7. The molecule has 6 nitrogen and oxygen atoms in total. The number of rotatable bonds is 3. The maximum absolute atomic E-state index is 12.8. The zero-order chi connectivity index (χ0) is 17.4. The Morgan fingerprint density at radius 1 is 1.21 bits per heavy atom. The van der Waals surface area contributed by atoms with Gasteiger partial charge in [-0.3, -0.25) is 4.90 Å². The van der Waals surface area contributed by atoms with Crippen LogP contribution in [0, 0.1) is 0 Å². The first-order chi connectivity index (χ1) is 11.3. The number of piperidine rings is 1. The van der Waals surface area contributed by atoms with Crippen LogP contribution in [-0.2, 0) is 6.67 Å². The molecule has 1 aromatic heterocycles. The zero-order valence-electron chi connectivity index (χ0n) is 12.7. The Morgan fingerprint density at radius 3 is 2.42 bits per heavy atom. The quantitative estimate of drug-likeness (QED) is 0.921. The predicted molar refractivity (Wildman–Crippen MR) is 78.0 cm³/mol.